The minimum absolute atomic E-state index is 0.147. The standard InChI is InChI=1S/C29H29N5OS2/c30-15-22-14-21-10-6-1-2-7-11-25(21)32-28(22)36-19-27(35)33-29-24(16-31)23-12-13-34(18-26(23)37-29)17-20-8-4-3-5-9-20/h3-5,8-9,14H,1-2,6-7,10-13,17-19H2,(H,33,35). The largest absolute Gasteiger partial charge is 0.316 e. The second-order valence-corrected chi connectivity index (χ2v) is 11.6. The van der Waals surface area contributed by atoms with Crippen LogP contribution in [0.15, 0.2) is 41.4 Å². The smallest absolute Gasteiger partial charge is 0.235 e. The Labute approximate surface area is 226 Å². The number of hydrogen-bond acceptors (Lipinski definition) is 7. The molecule has 0 fully saturated rings. The van der Waals surface area contributed by atoms with E-state index < -0.39 is 0 Å². The van der Waals surface area contributed by atoms with Crippen LogP contribution >= 0.6 is 23.1 Å². The number of nitrogens with zero attached hydrogens (tertiary/aromatic N) is 4. The number of thiophene rings is 1. The molecule has 3 heterocycles. The molecular formula is C29H29N5OS2. The summed E-state index contributed by atoms with van der Waals surface area (Å²) in [4.78, 5) is 21.2. The molecule has 0 radical (unpaired) electrons. The summed E-state index contributed by atoms with van der Waals surface area (Å²) in [5, 5.41) is 23.8. The number of hydrogen-bond donors (Lipinski definition) is 1. The van der Waals surface area contributed by atoms with Crippen molar-refractivity contribution in [2.45, 2.75) is 63.1 Å². The number of amides is 1. The van der Waals surface area contributed by atoms with Gasteiger partial charge in [0.05, 0.1) is 16.9 Å². The molecule has 3 aromatic rings. The summed E-state index contributed by atoms with van der Waals surface area (Å²) in [5.41, 5.74) is 5.71. The Balaban J connectivity index is 1.25. The lowest BCUT2D eigenvalue weighted by atomic mass is 9.96. The molecule has 0 atom stereocenters. The lowest BCUT2D eigenvalue weighted by molar-refractivity contribution is -0.113. The van der Waals surface area contributed by atoms with Gasteiger partial charge in [0.2, 0.25) is 5.91 Å². The molecule has 1 aromatic carbocycles. The van der Waals surface area contributed by atoms with Crippen molar-refractivity contribution < 1.29 is 4.79 Å². The van der Waals surface area contributed by atoms with Gasteiger partial charge in [-0.3, -0.25) is 9.69 Å². The molecule has 1 amide bonds. The van der Waals surface area contributed by atoms with Crippen LogP contribution in [0.4, 0.5) is 5.00 Å². The number of nitriles is 2. The van der Waals surface area contributed by atoms with E-state index in [1.807, 2.05) is 12.1 Å². The molecule has 188 valence electrons. The van der Waals surface area contributed by atoms with Crippen LogP contribution in [0, 0.1) is 22.7 Å². The third-order valence-electron chi connectivity index (χ3n) is 6.98. The van der Waals surface area contributed by atoms with Crippen LogP contribution in [-0.4, -0.2) is 28.1 Å². The summed E-state index contributed by atoms with van der Waals surface area (Å²) in [6.07, 6.45) is 7.36. The molecule has 37 heavy (non-hydrogen) atoms. The SMILES string of the molecule is N#Cc1cc2c(nc1SCC(=O)Nc1sc3c(c1C#N)CCN(Cc1ccccc1)C3)CCCCCC2. The van der Waals surface area contributed by atoms with Crippen LogP contribution in [0.1, 0.15) is 64.1 Å². The molecule has 5 rings (SSSR count). The van der Waals surface area contributed by atoms with E-state index in [0.29, 0.717) is 21.2 Å². The van der Waals surface area contributed by atoms with Gasteiger partial charge in [-0.25, -0.2) is 4.98 Å². The molecule has 8 heteroatoms. The summed E-state index contributed by atoms with van der Waals surface area (Å²) < 4.78 is 0. The van der Waals surface area contributed by atoms with Gasteiger partial charge in [0.15, 0.2) is 0 Å². The number of anilines is 1. The normalized spacial score (nSPS) is 15.4. The highest BCUT2D eigenvalue weighted by Gasteiger charge is 2.25. The molecule has 0 unspecified atom stereocenters. The first-order valence-corrected chi connectivity index (χ1v) is 14.6. The second-order valence-electron chi connectivity index (χ2n) is 9.58. The molecule has 0 spiro atoms. The zero-order valence-corrected chi connectivity index (χ0v) is 22.4. The number of benzene rings is 1. The fourth-order valence-electron chi connectivity index (χ4n) is 5.09. The monoisotopic (exact) mass is 527 g/mol. The van der Waals surface area contributed by atoms with E-state index in [-0.39, 0.29) is 11.7 Å². The Hall–Kier alpha value is -3.17. The Morgan fingerprint density at radius 3 is 2.68 bits per heavy atom. The van der Waals surface area contributed by atoms with Gasteiger partial charge in [-0.1, -0.05) is 54.9 Å². The first-order chi connectivity index (χ1) is 18.1. The number of carbonyl (C=O) groups excluding carboxylic acids is 1. The minimum Gasteiger partial charge on any atom is -0.316 e. The topological polar surface area (TPSA) is 92.8 Å². The highest BCUT2D eigenvalue weighted by Crippen LogP contribution is 2.37. The van der Waals surface area contributed by atoms with Crippen molar-refractivity contribution in [3.05, 3.63) is 74.8 Å². The molecule has 0 bridgehead atoms. The zero-order valence-electron chi connectivity index (χ0n) is 20.8. The average molecular weight is 528 g/mol. The summed E-state index contributed by atoms with van der Waals surface area (Å²) >= 11 is 2.81. The van der Waals surface area contributed by atoms with Gasteiger partial charge >= 0.3 is 0 Å². The minimum atomic E-state index is -0.182. The first kappa shape index (κ1) is 25.5. The highest BCUT2D eigenvalue weighted by molar-refractivity contribution is 8.00. The van der Waals surface area contributed by atoms with Crippen LogP contribution in [0.2, 0.25) is 0 Å². The molecule has 1 aliphatic heterocycles. The number of carbonyl (C=O) groups is 1. The van der Waals surface area contributed by atoms with Crippen molar-refractivity contribution in [1.82, 2.24) is 9.88 Å². The lowest BCUT2D eigenvalue weighted by Crippen LogP contribution is -2.29. The molecule has 0 saturated heterocycles. The number of aromatic nitrogens is 1. The van der Waals surface area contributed by atoms with E-state index >= 15 is 0 Å². The van der Waals surface area contributed by atoms with E-state index in [2.05, 4.69) is 46.6 Å². The highest BCUT2D eigenvalue weighted by atomic mass is 32.2. The van der Waals surface area contributed by atoms with Gasteiger partial charge in [-0.2, -0.15) is 10.5 Å². The lowest BCUT2D eigenvalue weighted by Gasteiger charge is -2.26. The molecule has 2 aliphatic rings. The first-order valence-electron chi connectivity index (χ1n) is 12.8. The summed E-state index contributed by atoms with van der Waals surface area (Å²) in [5.74, 6) is -0.0349. The van der Waals surface area contributed by atoms with E-state index in [1.165, 1.54) is 47.1 Å². The maximum Gasteiger partial charge on any atom is 0.235 e. The van der Waals surface area contributed by atoms with Crippen molar-refractivity contribution in [1.29, 1.82) is 10.5 Å². The van der Waals surface area contributed by atoms with Crippen LogP contribution in [0.3, 0.4) is 0 Å². The summed E-state index contributed by atoms with van der Waals surface area (Å²) in [6.45, 7) is 2.53. The van der Waals surface area contributed by atoms with Gasteiger partial charge in [0.1, 0.15) is 22.2 Å². The summed E-state index contributed by atoms with van der Waals surface area (Å²) in [7, 11) is 0. The van der Waals surface area contributed by atoms with Crippen molar-refractivity contribution in [2.24, 2.45) is 0 Å². The predicted molar refractivity (Wildman–Crippen MR) is 147 cm³/mol. The maximum absolute atomic E-state index is 12.9. The van der Waals surface area contributed by atoms with Crippen molar-refractivity contribution in [2.75, 3.05) is 17.6 Å². The van der Waals surface area contributed by atoms with Gasteiger partial charge in [-0.05, 0) is 54.9 Å². The molecule has 1 N–H and O–H groups in total. The molecule has 2 aromatic heterocycles. The van der Waals surface area contributed by atoms with Crippen molar-refractivity contribution in [3.63, 3.8) is 0 Å². The number of pyridine rings is 1. The Kier molecular flexibility index (Phi) is 8.21. The van der Waals surface area contributed by atoms with Gasteiger partial charge in [-0.15, -0.1) is 11.3 Å². The van der Waals surface area contributed by atoms with E-state index in [9.17, 15) is 15.3 Å². The molecule has 0 saturated carbocycles. The number of nitrogens with one attached hydrogen (secondary N) is 1. The number of fused-ring (bicyclic) bond motifs is 2. The van der Waals surface area contributed by atoms with Gasteiger partial charge < -0.3 is 5.32 Å². The number of rotatable bonds is 6. The fraction of sp³-hybridized carbons (Fsp3) is 0.379. The van der Waals surface area contributed by atoms with Crippen molar-refractivity contribution >= 4 is 34.0 Å². The summed E-state index contributed by atoms with van der Waals surface area (Å²) in [6, 6.07) is 17.0. The number of thioether (sulfide) groups is 1. The quantitative estimate of drug-likeness (QED) is 0.405. The average Bonchev–Trinajstić information content (AvgIpc) is 3.24. The maximum atomic E-state index is 12.9. The molecular weight excluding hydrogens is 498 g/mol. The van der Waals surface area contributed by atoms with Crippen LogP contribution < -0.4 is 5.32 Å². The molecule has 1 aliphatic carbocycles. The van der Waals surface area contributed by atoms with Crippen LogP contribution in [0.5, 0.6) is 0 Å². The Bertz CT molecular complexity index is 1370. The van der Waals surface area contributed by atoms with E-state index in [1.54, 1.807) is 0 Å². The van der Waals surface area contributed by atoms with Crippen LogP contribution in [0.25, 0.3) is 0 Å². The van der Waals surface area contributed by atoms with Crippen LogP contribution in [-0.2, 0) is 37.1 Å². The second kappa shape index (κ2) is 11.9. The predicted octanol–water partition coefficient (Wildman–Crippen LogP) is 5.83. The third-order valence-corrected chi connectivity index (χ3v) is 9.10. The molecule has 6 nitrogen and oxygen atoms in total. The number of aryl methyl sites for hydroxylation is 2. The third kappa shape index (κ3) is 6.05. The van der Waals surface area contributed by atoms with Crippen molar-refractivity contribution in [3.8, 4) is 12.1 Å². The van der Waals surface area contributed by atoms with Gasteiger partial charge in [0, 0.05) is 30.2 Å². The van der Waals surface area contributed by atoms with Gasteiger partial charge in [0.25, 0.3) is 0 Å². The van der Waals surface area contributed by atoms with E-state index in [4.69, 9.17) is 4.98 Å². The Morgan fingerprint density at radius 1 is 1.08 bits per heavy atom. The van der Waals surface area contributed by atoms with E-state index in [0.717, 1.165) is 67.9 Å². The fourth-order valence-corrected chi connectivity index (χ4v) is 7.13. The zero-order chi connectivity index (χ0) is 25.6. The Morgan fingerprint density at radius 2 is 1.89 bits per heavy atom.